The van der Waals surface area contributed by atoms with Crippen LogP contribution in [0, 0.1) is 0 Å². The normalized spacial score (nSPS) is 16.8. The van der Waals surface area contributed by atoms with Crippen molar-refractivity contribution in [3.8, 4) is 0 Å². The number of hydrogen-bond donors (Lipinski definition) is 0. The Morgan fingerprint density at radius 1 is 1.19 bits per heavy atom. The smallest absolute Gasteiger partial charge is 0.243 e. The van der Waals surface area contributed by atoms with Gasteiger partial charge in [-0.1, -0.05) is 37.3 Å². The maximum Gasteiger partial charge on any atom is 0.243 e. The van der Waals surface area contributed by atoms with Crippen molar-refractivity contribution < 1.29 is 13.2 Å². The fraction of sp³-hybridized carbons (Fsp3) is 0.350. The molecule has 0 aliphatic carbocycles. The maximum atomic E-state index is 12.9. The molecule has 0 unspecified atom stereocenters. The first-order valence-electron chi connectivity index (χ1n) is 8.80. The van der Waals surface area contributed by atoms with Crippen LogP contribution in [0.25, 0.3) is 0 Å². The van der Waals surface area contributed by atoms with E-state index in [0.29, 0.717) is 19.4 Å². The molecule has 2 aromatic carbocycles. The highest BCUT2D eigenvalue weighted by atomic mass is 32.2. The third-order valence-electron chi connectivity index (χ3n) is 4.79. The number of benzene rings is 2. The molecule has 0 saturated heterocycles. The first-order chi connectivity index (χ1) is 12.3. The van der Waals surface area contributed by atoms with Crippen molar-refractivity contribution in [1.29, 1.82) is 0 Å². The fourth-order valence-electron chi connectivity index (χ4n) is 3.42. The summed E-state index contributed by atoms with van der Waals surface area (Å²) in [5, 5.41) is 0. The van der Waals surface area contributed by atoms with Gasteiger partial charge < -0.3 is 4.90 Å². The van der Waals surface area contributed by atoms with Gasteiger partial charge in [-0.2, -0.15) is 4.31 Å². The minimum absolute atomic E-state index is 0.0532. The Kier molecular flexibility index (Phi) is 5.16. The number of sulfonamides is 1. The molecule has 0 spiro atoms. The molecule has 0 saturated carbocycles. The summed E-state index contributed by atoms with van der Waals surface area (Å²) < 4.78 is 27.2. The van der Waals surface area contributed by atoms with E-state index in [1.165, 1.54) is 4.31 Å². The largest absolute Gasteiger partial charge is 0.309 e. The molecule has 0 bridgehead atoms. The molecule has 6 heteroatoms. The average molecular weight is 372 g/mol. The van der Waals surface area contributed by atoms with Gasteiger partial charge in [0.1, 0.15) is 0 Å². The Hall–Kier alpha value is -2.18. The van der Waals surface area contributed by atoms with Gasteiger partial charge in [0.2, 0.25) is 15.9 Å². The molecule has 3 rings (SSSR count). The highest BCUT2D eigenvalue weighted by Crippen LogP contribution is 2.34. The Morgan fingerprint density at radius 3 is 2.54 bits per heavy atom. The summed E-state index contributed by atoms with van der Waals surface area (Å²) in [6.45, 7) is 4.14. The average Bonchev–Trinajstić information content (AvgIpc) is 2.96. The zero-order valence-electron chi connectivity index (χ0n) is 15.3. The quantitative estimate of drug-likeness (QED) is 0.810. The Bertz CT molecular complexity index is 910. The molecule has 0 fully saturated rings. The monoisotopic (exact) mass is 372 g/mol. The number of carbonyl (C=O) groups excluding carboxylic acids is 1. The van der Waals surface area contributed by atoms with Gasteiger partial charge in [-0.05, 0) is 42.7 Å². The maximum absolute atomic E-state index is 12.9. The van der Waals surface area contributed by atoms with Crippen LogP contribution in [0.1, 0.15) is 31.4 Å². The lowest BCUT2D eigenvalue weighted by atomic mass is 10.1. The number of nitrogens with zero attached hydrogens (tertiary/aromatic N) is 2. The number of fused-ring (bicyclic) bond motifs is 1. The first-order valence-corrected chi connectivity index (χ1v) is 10.2. The molecule has 0 aromatic heterocycles. The van der Waals surface area contributed by atoms with Crippen molar-refractivity contribution in [3.63, 3.8) is 0 Å². The first kappa shape index (κ1) is 18.6. The summed E-state index contributed by atoms with van der Waals surface area (Å²) in [6, 6.07) is 14.6. The molecule has 138 valence electrons. The van der Waals surface area contributed by atoms with Crippen LogP contribution in [0.2, 0.25) is 0 Å². The third-order valence-corrected chi connectivity index (χ3v) is 6.59. The van der Waals surface area contributed by atoms with Gasteiger partial charge in [0.15, 0.2) is 0 Å². The molecular formula is C20H24N2O3S. The van der Waals surface area contributed by atoms with Crippen LogP contribution in [0.3, 0.4) is 0 Å². The van der Waals surface area contributed by atoms with Gasteiger partial charge in [-0.25, -0.2) is 8.42 Å². The van der Waals surface area contributed by atoms with E-state index >= 15 is 0 Å². The second-order valence-corrected chi connectivity index (χ2v) is 8.75. The van der Waals surface area contributed by atoms with Crippen molar-refractivity contribution in [1.82, 2.24) is 4.31 Å². The molecule has 0 radical (unpaired) electrons. The highest BCUT2D eigenvalue weighted by molar-refractivity contribution is 7.89. The zero-order chi connectivity index (χ0) is 18.9. The van der Waals surface area contributed by atoms with Gasteiger partial charge in [0.05, 0.1) is 4.90 Å². The molecule has 0 N–H and O–H groups in total. The van der Waals surface area contributed by atoms with E-state index in [2.05, 4.69) is 0 Å². The second-order valence-electron chi connectivity index (χ2n) is 6.71. The zero-order valence-corrected chi connectivity index (χ0v) is 16.2. The van der Waals surface area contributed by atoms with E-state index < -0.39 is 10.0 Å². The predicted octanol–water partition coefficient (Wildman–Crippen LogP) is 3.19. The second kappa shape index (κ2) is 7.21. The van der Waals surface area contributed by atoms with Gasteiger partial charge in [0.25, 0.3) is 0 Å². The number of anilines is 1. The number of hydrogen-bond acceptors (Lipinski definition) is 3. The van der Waals surface area contributed by atoms with Crippen LogP contribution >= 0.6 is 0 Å². The predicted molar refractivity (Wildman–Crippen MR) is 102 cm³/mol. The molecule has 1 heterocycles. The van der Waals surface area contributed by atoms with Crippen molar-refractivity contribution >= 4 is 21.6 Å². The van der Waals surface area contributed by atoms with Gasteiger partial charge in [-0.15, -0.1) is 0 Å². The molecular weight excluding hydrogens is 348 g/mol. The Labute approximate surface area is 155 Å². The van der Waals surface area contributed by atoms with Crippen molar-refractivity contribution in [2.24, 2.45) is 0 Å². The minimum atomic E-state index is -3.59. The summed E-state index contributed by atoms with van der Waals surface area (Å²) >= 11 is 0. The summed E-state index contributed by atoms with van der Waals surface area (Å²) in [5.41, 5.74) is 2.68. The van der Waals surface area contributed by atoms with Crippen LogP contribution in [-0.2, 0) is 27.8 Å². The van der Waals surface area contributed by atoms with Crippen molar-refractivity contribution in [3.05, 3.63) is 59.7 Å². The van der Waals surface area contributed by atoms with Crippen LogP contribution in [-0.4, -0.2) is 31.7 Å². The van der Waals surface area contributed by atoms with Crippen LogP contribution < -0.4 is 4.90 Å². The lowest BCUT2D eigenvalue weighted by Crippen LogP contribution is -2.35. The lowest BCUT2D eigenvalue weighted by Gasteiger charge is -2.22. The fourth-order valence-corrected chi connectivity index (χ4v) is 4.63. The molecule has 1 aliphatic rings. The summed E-state index contributed by atoms with van der Waals surface area (Å²) in [6.07, 6.45) is 1.11. The third kappa shape index (κ3) is 3.39. The van der Waals surface area contributed by atoms with Crippen molar-refractivity contribution in [2.45, 2.75) is 44.2 Å². The molecule has 1 aliphatic heterocycles. The van der Waals surface area contributed by atoms with Crippen molar-refractivity contribution in [2.75, 3.05) is 11.9 Å². The van der Waals surface area contributed by atoms with Crippen LogP contribution in [0.15, 0.2) is 53.4 Å². The standard InChI is InChI=1S/C20H24N2O3S/c1-4-20(23)22-15(2)12-17-13-18(10-11-19(17)22)26(24,25)21(3)14-16-8-6-5-7-9-16/h5-11,13,15H,4,12,14H2,1-3H3/t15-/m1/s1. The lowest BCUT2D eigenvalue weighted by molar-refractivity contribution is -0.118. The number of carbonyl (C=O) groups is 1. The van der Waals surface area contributed by atoms with Gasteiger partial charge >= 0.3 is 0 Å². The topological polar surface area (TPSA) is 57.7 Å². The van der Waals surface area contributed by atoms with Gasteiger partial charge in [-0.3, -0.25) is 4.79 Å². The van der Waals surface area contributed by atoms with E-state index in [4.69, 9.17) is 0 Å². The Balaban J connectivity index is 1.88. The Morgan fingerprint density at radius 2 is 1.88 bits per heavy atom. The van der Waals surface area contributed by atoms with E-state index in [1.54, 1.807) is 30.1 Å². The molecule has 1 atom stereocenters. The van der Waals surface area contributed by atoms with Crippen LogP contribution in [0.4, 0.5) is 5.69 Å². The van der Waals surface area contributed by atoms with E-state index in [-0.39, 0.29) is 16.8 Å². The molecule has 5 nitrogen and oxygen atoms in total. The molecule has 26 heavy (non-hydrogen) atoms. The summed E-state index contributed by atoms with van der Waals surface area (Å²) in [4.78, 5) is 14.2. The van der Waals surface area contributed by atoms with E-state index in [9.17, 15) is 13.2 Å². The number of rotatable bonds is 5. The molecule has 1 amide bonds. The number of amides is 1. The summed E-state index contributed by atoms with van der Waals surface area (Å²) in [7, 11) is -2.00. The molecule has 2 aromatic rings. The van der Waals surface area contributed by atoms with E-state index in [1.807, 2.05) is 44.2 Å². The summed E-state index contributed by atoms with van der Waals surface area (Å²) in [5.74, 6) is 0.0630. The highest BCUT2D eigenvalue weighted by Gasteiger charge is 2.31. The SMILES string of the molecule is CCC(=O)N1c2ccc(S(=O)(=O)N(C)Cc3ccccc3)cc2C[C@H]1C. The van der Waals surface area contributed by atoms with Crippen LogP contribution in [0.5, 0.6) is 0 Å². The van der Waals surface area contributed by atoms with Gasteiger partial charge in [0, 0.05) is 31.7 Å². The van der Waals surface area contributed by atoms with E-state index in [0.717, 1.165) is 16.8 Å². The minimum Gasteiger partial charge on any atom is -0.309 e.